The van der Waals surface area contributed by atoms with E-state index in [4.69, 9.17) is 21.1 Å². The molecule has 3 saturated carbocycles. The molecular formula is C34H33ClF2O7S. The Kier molecular flexibility index (Phi) is 7.93. The van der Waals surface area contributed by atoms with Gasteiger partial charge in [0.25, 0.3) is 0 Å². The van der Waals surface area contributed by atoms with Crippen molar-refractivity contribution in [3.05, 3.63) is 76.9 Å². The fourth-order valence-electron chi connectivity index (χ4n) is 8.48. The number of ether oxygens (including phenoxy) is 2. The van der Waals surface area contributed by atoms with E-state index in [1.807, 2.05) is 0 Å². The van der Waals surface area contributed by atoms with Gasteiger partial charge in [-0.3, -0.25) is 9.59 Å². The summed E-state index contributed by atoms with van der Waals surface area (Å²) < 4.78 is 42.9. The Bertz CT molecular complexity index is 1630. The predicted octanol–water partition coefficient (Wildman–Crippen LogP) is 7.29. The molecule has 0 heterocycles. The first-order valence-corrected chi connectivity index (χ1v) is 16.2. The highest BCUT2D eigenvalue weighted by Gasteiger charge is 2.75. The number of ketones is 1. The molecule has 7 atom stereocenters. The topological polar surface area (TPSA) is 110 Å². The third kappa shape index (κ3) is 4.74. The van der Waals surface area contributed by atoms with Crippen LogP contribution in [0.5, 0.6) is 17.2 Å². The Morgan fingerprint density at radius 2 is 1.80 bits per heavy atom. The number of phenols is 1. The summed E-state index contributed by atoms with van der Waals surface area (Å²) in [6, 6.07) is 9.31. The number of esters is 1. The van der Waals surface area contributed by atoms with Gasteiger partial charge in [0.05, 0.1) is 16.7 Å². The number of aromatic hydroxyl groups is 1. The molecule has 7 nitrogen and oxygen atoms in total. The van der Waals surface area contributed by atoms with Gasteiger partial charge in [-0.1, -0.05) is 30.2 Å². The van der Waals surface area contributed by atoms with Crippen molar-refractivity contribution >= 4 is 40.2 Å². The SMILES string of the molecule is CC12C=CC(=O)C=C1CCC1[C@@H]3CC[C@](OC(=O)c4ccc(Oc5ccc(Cl)c(O)c5)cc4)(C(=O)SCF)C3(C)CC(O)[C@@]12F. The second kappa shape index (κ2) is 11.2. The van der Waals surface area contributed by atoms with Crippen LogP contribution in [0.15, 0.2) is 66.3 Å². The van der Waals surface area contributed by atoms with Crippen LogP contribution in [-0.2, 0) is 14.3 Å². The number of hydrogen-bond acceptors (Lipinski definition) is 8. The van der Waals surface area contributed by atoms with Crippen LogP contribution >= 0.6 is 23.4 Å². The van der Waals surface area contributed by atoms with E-state index in [1.54, 1.807) is 26.0 Å². The Balaban J connectivity index is 1.30. The van der Waals surface area contributed by atoms with Crippen molar-refractivity contribution in [3.8, 4) is 17.2 Å². The lowest BCUT2D eigenvalue weighted by molar-refractivity contribution is -0.214. The first-order valence-electron chi connectivity index (χ1n) is 14.8. The first kappa shape index (κ1) is 31.8. The summed E-state index contributed by atoms with van der Waals surface area (Å²) in [5.41, 5.74) is -5.58. The molecule has 0 aliphatic heterocycles. The van der Waals surface area contributed by atoms with Crippen LogP contribution in [0, 0.1) is 22.7 Å². The van der Waals surface area contributed by atoms with Gasteiger partial charge in [-0.2, -0.15) is 0 Å². The quantitative estimate of drug-likeness (QED) is 0.312. The van der Waals surface area contributed by atoms with Crippen molar-refractivity contribution in [2.45, 2.75) is 63.3 Å². The number of hydrogen-bond donors (Lipinski definition) is 2. The van der Waals surface area contributed by atoms with Crippen LogP contribution in [0.3, 0.4) is 0 Å². The number of phenolic OH excluding ortho intramolecular Hbond substituents is 1. The highest BCUT2D eigenvalue weighted by Crippen LogP contribution is 2.70. The van der Waals surface area contributed by atoms with E-state index < -0.39 is 57.1 Å². The zero-order valence-corrected chi connectivity index (χ0v) is 26.3. The molecule has 2 aromatic rings. The smallest absolute Gasteiger partial charge is 0.339 e. The maximum atomic E-state index is 17.5. The van der Waals surface area contributed by atoms with E-state index in [-0.39, 0.29) is 35.0 Å². The van der Waals surface area contributed by atoms with E-state index >= 15 is 4.39 Å². The molecule has 4 aliphatic rings. The number of fused-ring (bicyclic) bond motifs is 5. The standard InChI is InChI=1S/C34H33ClF2O7S/c1-31-13-11-21(38)15-20(31)5-9-25-24-12-14-33(30(42)45-18-36,32(24,2)17-28(40)34(25,31)37)44-29(41)19-3-6-22(7-4-19)43-23-8-10-26(35)27(39)16-23/h3-4,6-8,10-11,13,15-16,24-25,28,39-40H,5,9,12,14,17-18H2,1-2H3/t24-,25?,28?,31?,32?,33-,34-/m0/s1. The number of rotatable bonds is 6. The van der Waals surface area contributed by atoms with Gasteiger partial charge in [0, 0.05) is 22.8 Å². The number of aliphatic hydroxyl groups excluding tert-OH is 1. The van der Waals surface area contributed by atoms with Crippen molar-refractivity contribution in [1.29, 1.82) is 0 Å². The molecule has 4 unspecified atom stereocenters. The van der Waals surface area contributed by atoms with Crippen molar-refractivity contribution in [3.63, 3.8) is 0 Å². The van der Waals surface area contributed by atoms with Crippen LogP contribution in [0.1, 0.15) is 56.3 Å². The number of thioether (sulfide) groups is 1. The molecule has 11 heteroatoms. The minimum Gasteiger partial charge on any atom is -0.506 e. The largest absolute Gasteiger partial charge is 0.506 e. The summed E-state index contributed by atoms with van der Waals surface area (Å²) >= 11 is 6.26. The summed E-state index contributed by atoms with van der Waals surface area (Å²) in [6.07, 6.45) is 3.80. The summed E-state index contributed by atoms with van der Waals surface area (Å²) in [6.45, 7) is 3.44. The number of carbonyl (C=O) groups excluding carboxylic acids is 3. The first-order chi connectivity index (χ1) is 21.3. The molecule has 2 aromatic carbocycles. The molecule has 0 amide bonds. The molecule has 2 N–H and O–H groups in total. The second-order valence-electron chi connectivity index (χ2n) is 12.8. The molecule has 0 spiro atoms. The molecule has 0 saturated heterocycles. The van der Waals surface area contributed by atoms with Gasteiger partial charge in [0.1, 0.15) is 23.3 Å². The maximum absolute atomic E-state index is 17.5. The summed E-state index contributed by atoms with van der Waals surface area (Å²) in [7, 11) is 0. The fourth-order valence-corrected chi connectivity index (χ4v) is 9.30. The van der Waals surface area contributed by atoms with Crippen LogP contribution in [0.2, 0.25) is 5.02 Å². The Morgan fingerprint density at radius 3 is 2.49 bits per heavy atom. The monoisotopic (exact) mass is 658 g/mol. The lowest BCUT2D eigenvalue weighted by Crippen LogP contribution is -2.69. The minimum atomic E-state index is -2.12. The average molecular weight is 659 g/mol. The molecule has 0 radical (unpaired) electrons. The normalized spacial score (nSPS) is 35.1. The van der Waals surface area contributed by atoms with Crippen LogP contribution in [0.4, 0.5) is 8.78 Å². The summed E-state index contributed by atoms with van der Waals surface area (Å²) in [5, 5.41) is 21.0. The molecular weight excluding hydrogens is 626 g/mol. The van der Waals surface area contributed by atoms with Crippen molar-refractivity contribution in [2.75, 3.05) is 6.01 Å². The van der Waals surface area contributed by atoms with Gasteiger partial charge < -0.3 is 19.7 Å². The highest BCUT2D eigenvalue weighted by molar-refractivity contribution is 8.13. The lowest BCUT2D eigenvalue weighted by Gasteiger charge is -2.62. The van der Waals surface area contributed by atoms with Crippen molar-refractivity contribution in [1.82, 2.24) is 0 Å². The van der Waals surface area contributed by atoms with Gasteiger partial charge >= 0.3 is 5.97 Å². The number of alkyl halides is 2. The number of aliphatic hydroxyl groups is 1. The Morgan fingerprint density at radius 1 is 1.09 bits per heavy atom. The van der Waals surface area contributed by atoms with Gasteiger partial charge in [0.15, 0.2) is 17.1 Å². The van der Waals surface area contributed by atoms with Gasteiger partial charge in [0.2, 0.25) is 5.12 Å². The molecule has 6 rings (SSSR count). The van der Waals surface area contributed by atoms with Gasteiger partial charge in [-0.25, -0.2) is 13.6 Å². The Hall–Kier alpha value is -3.21. The predicted molar refractivity (Wildman–Crippen MR) is 165 cm³/mol. The average Bonchev–Trinajstić information content (AvgIpc) is 3.28. The van der Waals surface area contributed by atoms with E-state index in [0.29, 0.717) is 48.1 Å². The second-order valence-corrected chi connectivity index (χ2v) is 14.1. The van der Waals surface area contributed by atoms with E-state index in [1.165, 1.54) is 48.6 Å². The molecule has 4 aliphatic carbocycles. The zero-order valence-electron chi connectivity index (χ0n) is 24.7. The molecule has 45 heavy (non-hydrogen) atoms. The number of allylic oxidation sites excluding steroid dienone is 4. The zero-order chi connectivity index (χ0) is 32.4. The lowest BCUT2D eigenvalue weighted by atomic mass is 9.45. The third-order valence-corrected chi connectivity index (χ3v) is 11.8. The number of carbonyl (C=O) groups is 3. The van der Waals surface area contributed by atoms with Crippen molar-refractivity contribution in [2.24, 2.45) is 22.7 Å². The van der Waals surface area contributed by atoms with Crippen LogP contribution < -0.4 is 4.74 Å². The number of benzene rings is 2. The maximum Gasteiger partial charge on any atom is 0.339 e. The van der Waals surface area contributed by atoms with Crippen LogP contribution in [-0.4, -0.2) is 50.5 Å². The van der Waals surface area contributed by atoms with Gasteiger partial charge in [-0.15, -0.1) is 0 Å². The Labute approximate surface area is 268 Å². The van der Waals surface area contributed by atoms with Gasteiger partial charge in [-0.05, 0) is 105 Å². The molecule has 0 aromatic heterocycles. The molecule has 0 bridgehead atoms. The number of halogens is 3. The van der Waals surface area contributed by atoms with E-state index in [0.717, 1.165) is 0 Å². The molecule has 3 fully saturated rings. The highest BCUT2D eigenvalue weighted by atomic mass is 35.5. The van der Waals surface area contributed by atoms with E-state index in [9.17, 15) is 29.0 Å². The minimum absolute atomic E-state index is 0.0556. The van der Waals surface area contributed by atoms with Crippen molar-refractivity contribution < 1.29 is 42.9 Å². The van der Waals surface area contributed by atoms with E-state index in [2.05, 4.69) is 0 Å². The third-order valence-electron chi connectivity index (χ3n) is 10.8. The summed E-state index contributed by atoms with van der Waals surface area (Å²) in [4.78, 5) is 39.5. The summed E-state index contributed by atoms with van der Waals surface area (Å²) in [5.74, 6) is -1.67. The van der Waals surface area contributed by atoms with Crippen LogP contribution in [0.25, 0.3) is 0 Å². The molecule has 238 valence electrons. The fraction of sp³-hybridized carbons (Fsp3) is 0.441.